The maximum absolute atomic E-state index is 12.7. The molecule has 1 fully saturated rings. The number of halogens is 2. The molecule has 1 saturated heterocycles. The molecule has 0 unspecified atom stereocenters. The van der Waals surface area contributed by atoms with E-state index in [4.69, 9.17) is 23.2 Å². The molecule has 1 aliphatic rings. The molecule has 0 bridgehead atoms. The van der Waals surface area contributed by atoms with Gasteiger partial charge in [-0.05, 0) is 49.2 Å². The number of nitrogens with zero attached hydrogens (tertiary/aromatic N) is 1. The summed E-state index contributed by atoms with van der Waals surface area (Å²) in [4.78, 5) is 26.9. The monoisotopic (exact) mass is 419 g/mol. The number of likely N-dealkylation sites (tertiary alicyclic amines) is 1. The summed E-state index contributed by atoms with van der Waals surface area (Å²) in [6, 6.07) is 12.2. The van der Waals surface area contributed by atoms with Gasteiger partial charge >= 0.3 is 0 Å². The van der Waals surface area contributed by atoms with Crippen molar-refractivity contribution in [2.24, 2.45) is 0 Å². The molecule has 3 rings (SSSR count). The minimum atomic E-state index is -0.217. The van der Waals surface area contributed by atoms with Gasteiger partial charge in [0.25, 0.3) is 5.91 Å². The lowest BCUT2D eigenvalue weighted by atomic mass is 10.1. The zero-order valence-electron chi connectivity index (χ0n) is 15.5. The molecule has 148 valence electrons. The molecule has 5 nitrogen and oxygen atoms in total. The van der Waals surface area contributed by atoms with Gasteiger partial charge in [0, 0.05) is 30.0 Å². The predicted octanol–water partition coefficient (Wildman–Crippen LogP) is 5.06. The molecular formula is C21H23Cl2N3O2. The summed E-state index contributed by atoms with van der Waals surface area (Å²) in [5.41, 5.74) is 1.90. The lowest BCUT2D eigenvalue weighted by Gasteiger charge is -2.20. The van der Waals surface area contributed by atoms with E-state index in [1.54, 1.807) is 42.5 Å². The average molecular weight is 420 g/mol. The van der Waals surface area contributed by atoms with Crippen molar-refractivity contribution in [1.29, 1.82) is 0 Å². The highest BCUT2D eigenvalue weighted by molar-refractivity contribution is 6.42. The fourth-order valence-corrected chi connectivity index (χ4v) is 3.48. The molecule has 2 N–H and O–H groups in total. The van der Waals surface area contributed by atoms with Crippen molar-refractivity contribution in [2.75, 3.05) is 30.3 Å². The quantitative estimate of drug-likeness (QED) is 0.711. The number of carbonyl (C=O) groups is 2. The molecular weight excluding hydrogens is 397 g/mol. The van der Waals surface area contributed by atoms with E-state index in [1.807, 2.05) is 4.90 Å². The van der Waals surface area contributed by atoms with Crippen LogP contribution < -0.4 is 10.6 Å². The Morgan fingerprint density at radius 1 is 0.893 bits per heavy atom. The Morgan fingerprint density at radius 2 is 1.64 bits per heavy atom. The minimum Gasteiger partial charge on any atom is -0.376 e. The average Bonchev–Trinajstić information content (AvgIpc) is 2.98. The molecule has 2 aromatic rings. The molecule has 1 heterocycles. The van der Waals surface area contributed by atoms with E-state index >= 15 is 0 Å². The van der Waals surface area contributed by atoms with Crippen molar-refractivity contribution in [3.63, 3.8) is 0 Å². The van der Waals surface area contributed by atoms with Crippen molar-refractivity contribution in [1.82, 2.24) is 4.90 Å². The van der Waals surface area contributed by atoms with Crippen molar-refractivity contribution < 1.29 is 9.59 Å². The maximum Gasteiger partial charge on any atom is 0.253 e. The van der Waals surface area contributed by atoms with Gasteiger partial charge in [-0.15, -0.1) is 0 Å². The molecule has 0 aromatic heterocycles. The van der Waals surface area contributed by atoms with Crippen LogP contribution in [0, 0.1) is 0 Å². The van der Waals surface area contributed by atoms with Crippen LogP contribution in [0.25, 0.3) is 0 Å². The van der Waals surface area contributed by atoms with E-state index in [-0.39, 0.29) is 18.4 Å². The van der Waals surface area contributed by atoms with Crippen molar-refractivity contribution in [3.05, 3.63) is 58.1 Å². The van der Waals surface area contributed by atoms with E-state index < -0.39 is 0 Å². The van der Waals surface area contributed by atoms with Crippen LogP contribution in [0.3, 0.4) is 0 Å². The Kier molecular flexibility index (Phi) is 7.18. The van der Waals surface area contributed by atoms with Crippen molar-refractivity contribution in [2.45, 2.75) is 25.7 Å². The predicted molar refractivity (Wildman–Crippen MR) is 114 cm³/mol. The summed E-state index contributed by atoms with van der Waals surface area (Å²) >= 11 is 11.9. The summed E-state index contributed by atoms with van der Waals surface area (Å²) in [5, 5.41) is 6.70. The van der Waals surface area contributed by atoms with Gasteiger partial charge in [-0.1, -0.05) is 42.1 Å². The van der Waals surface area contributed by atoms with Crippen LogP contribution in [0.5, 0.6) is 0 Å². The molecule has 0 spiro atoms. The van der Waals surface area contributed by atoms with Gasteiger partial charge in [-0.25, -0.2) is 0 Å². The van der Waals surface area contributed by atoms with Gasteiger partial charge in [-0.3, -0.25) is 9.59 Å². The molecule has 7 heteroatoms. The van der Waals surface area contributed by atoms with Crippen LogP contribution in [0.4, 0.5) is 11.4 Å². The lowest BCUT2D eigenvalue weighted by Crippen LogP contribution is -2.31. The standard InChI is InChI=1S/C21H23Cl2N3O2/c22-18-9-8-16(13-19(18)23)24-14-20(27)25-17-7-5-6-15(12-17)21(28)26-10-3-1-2-4-11-26/h5-9,12-13,24H,1-4,10-11,14H2,(H,25,27). The van der Waals surface area contributed by atoms with Crippen molar-refractivity contribution in [3.8, 4) is 0 Å². The van der Waals surface area contributed by atoms with E-state index in [9.17, 15) is 9.59 Å². The van der Waals surface area contributed by atoms with Gasteiger partial charge in [0.2, 0.25) is 5.91 Å². The third-order valence-corrected chi connectivity index (χ3v) is 5.40. The van der Waals surface area contributed by atoms with Crippen LogP contribution in [0.15, 0.2) is 42.5 Å². The Hall–Kier alpha value is -2.24. The Bertz CT molecular complexity index is 849. The number of hydrogen-bond donors (Lipinski definition) is 2. The normalized spacial score (nSPS) is 14.3. The number of hydrogen-bond acceptors (Lipinski definition) is 3. The molecule has 28 heavy (non-hydrogen) atoms. The lowest BCUT2D eigenvalue weighted by molar-refractivity contribution is -0.114. The van der Waals surface area contributed by atoms with Gasteiger partial charge in [0.05, 0.1) is 16.6 Å². The van der Waals surface area contributed by atoms with Gasteiger partial charge < -0.3 is 15.5 Å². The first-order valence-corrected chi connectivity index (χ1v) is 10.2. The number of benzene rings is 2. The third-order valence-electron chi connectivity index (χ3n) is 4.66. The smallest absolute Gasteiger partial charge is 0.253 e. The first-order valence-electron chi connectivity index (χ1n) is 9.41. The van der Waals surface area contributed by atoms with Crippen LogP contribution >= 0.6 is 23.2 Å². The second-order valence-corrected chi connectivity index (χ2v) is 7.63. The van der Waals surface area contributed by atoms with Gasteiger partial charge in [-0.2, -0.15) is 0 Å². The van der Waals surface area contributed by atoms with Crippen LogP contribution in [-0.2, 0) is 4.79 Å². The number of anilines is 2. The number of nitrogens with one attached hydrogen (secondary N) is 2. The highest BCUT2D eigenvalue weighted by Gasteiger charge is 2.17. The zero-order valence-corrected chi connectivity index (χ0v) is 17.0. The third kappa shape index (κ3) is 5.63. The highest BCUT2D eigenvalue weighted by atomic mass is 35.5. The van der Waals surface area contributed by atoms with Gasteiger partial charge in [0.15, 0.2) is 0 Å². The highest BCUT2D eigenvalue weighted by Crippen LogP contribution is 2.25. The molecule has 0 atom stereocenters. The number of rotatable bonds is 5. The first kappa shape index (κ1) is 20.5. The molecule has 2 amide bonds. The van der Waals surface area contributed by atoms with E-state index in [0.717, 1.165) is 25.9 Å². The van der Waals surface area contributed by atoms with Crippen LogP contribution in [-0.4, -0.2) is 36.3 Å². The molecule has 0 aliphatic carbocycles. The Labute approximate surface area is 175 Å². The zero-order chi connectivity index (χ0) is 19.9. The van der Waals surface area contributed by atoms with E-state index in [2.05, 4.69) is 10.6 Å². The number of carbonyl (C=O) groups excluding carboxylic acids is 2. The summed E-state index contributed by atoms with van der Waals surface area (Å²) < 4.78 is 0. The van der Waals surface area contributed by atoms with Crippen LogP contribution in [0.2, 0.25) is 10.0 Å². The van der Waals surface area contributed by atoms with Gasteiger partial charge in [0.1, 0.15) is 0 Å². The Balaban J connectivity index is 1.58. The largest absolute Gasteiger partial charge is 0.376 e. The second-order valence-electron chi connectivity index (χ2n) is 6.82. The fraction of sp³-hybridized carbons (Fsp3) is 0.333. The van der Waals surface area contributed by atoms with Crippen LogP contribution in [0.1, 0.15) is 36.0 Å². The van der Waals surface area contributed by atoms with E-state index in [0.29, 0.717) is 27.0 Å². The number of amides is 2. The molecule has 0 saturated carbocycles. The summed E-state index contributed by atoms with van der Waals surface area (Å²) in [5.74, 6) is -0.197. The Morgan fingerprint density at radius 3 is 2.36 bits per heavy atom. The topological polar surface area (TPSA) is 61.4 Å². The molecule has 0 radical (unpaired) electrons. The summed E-state index contributed by atoms with van der Waals surface area (Å²) in [6.45, 7) is 1.66. The van der Waals surface area contributed by atoms with Crippen molar-refractivity contribution >= 4 is 46.4 Å². The fourth-order valence-electron chi connectivity index (χ4n) is 3.18. The minimum absolute atomic E-state index is 0.0203. The summed E-state index contributed by atoms with van der Waals surface area (Å²) in [7, 11) is 0. The van der Waals surface area contributed by atoms with E-state index in [1.165, 1.54) is 12.8 Å². The molecule has 1 aliphatic heterocycles. The molecule has 2 aromatic carbocycles. The summed E-state index contributed by atoms with van der Waals surface area (Å²) in [6.07, 6.45) is 4.43. The first-order chi connectivity index (χ1) is 13.5. The second kappa shape index (κ2) is 9.80. The maximum atomic E-state index is 12.7. The SMILES string of the molecule is O=C(CNc1ccc(Cl)c(Cl)c1)Nc1cccc(C(=O)N2CCCCCC2)c1.